The summed E-state index contributed by atoms with van der Waals surface area (Å²) in [6, 6.07) is 0.281. The Kier molecular flexibility index (Phi) is 10.1. The van der Waals surface area contributed by atoms with Gasteiger partial charge in [-0.05, 0) is 39.0 Å². The van der Waals surface area contributed by atoms with Crippen LogP contribution in [0.1, 0.15) is 71.1 Å². The number of methoxy groups -OCH3 is 1. The molecule has 1 unspecified atom stereocenters. The zero-order valence-electron chi connectivity index (χ0n) is 17.7. The number of nitrogens with zero attached hydrogens (tertiary/aromatic N) is 2. The summed E-state index contributed by atoms with van der Waals surface area (Å²) in [5, 5.41) is 6.81. The quantitative estimate of drug-likeness (QED) is 0.257. The number of rotatable bonds is 10. The molecule has 0 bridgehead atoms. The van der Waals surface area contributed by atoms with E-state index < -0.39 is 0 Å². The molecule has 1 aliphatic heterocycles. The number of esters is 1. The van der Waals surface area contributed by atoms with Crippen molar-refractivity contribution in [3.8, 4) is 0 Å². The lowest BCUT2D eigenvalue weighted by Gasteiger charge is -2.21. The molecule has 160 valence electrons. The monoisotopic (exact) mass is 394 g/mol. The van der Waals surface area contributed by atoms with Gasteiger partial charge in [0.1, 0.15) is 0 Å². The molecule has 1 saturated carbocycles. The van der Waals surface area contributed by atoms with Gasteiger partial charge in [0.2, 0.25) is 5.91 Å². The Bertz CT molecular complexity index is 518. The van der Waals surface area contributed by atoms with E-state index in [9.17, 15) is 9.59 Å². The second-order valence-corrected chi connectivity index (χ2v) is 7.90. The van der Waals surface area contributed by atoms with Crippen LogP contribution in [0.3, 0.4) is 0 Å². The van der Waals surface area contributed by atoms with Gasteiger partial charge in [0.25, 0.3) is 0 Å². The van der Waals surface area contributed by atoms with E-state index in [1.54, 1.807) is 0 Å². The van der Waals surface area contributed by atoms with E-state index in [4.69, 9.17) is 0 Å². The van der Waals surface area contributed by atoms with Crippen molar-refractivity contribution in [3.63, 3.8) is 0 Å². The lowest BCUT2D eigenvalue weighted by atomic mass is 10.1. The lowest BCUT2D eigenvalue weighted by molar-refractivity contribution is -0.140. The van der Waals surface area contributed by atoms with Crippen molar-refractivity contribution in [1.29, 1.82) is 0 Å². The smallest absolute Gasteiger partial charge is 0.305 e. The third-order valence-corrected chi connectivity index (χ3v) is 5.68. The van der Waals surface area contributed by atoms with Crippen molar-refractivity contribution in [2.75, 3.05) is 33.3 Å². The third-order valence-electron chi connectivity index (χ3n) is 5.68. The minimum absolute atomic E-state index is 0.131. The van der Waals surface area contributed by atoms with Gasteiger partial charge in [0, 0.05) is 44.6 Å². The minimum Gasteiger partial charge on any atom is -0.469 e. The topological polar surface area (TPSA) is 83.0 Å². The Morgan fingerprint density at radius 1 is 1.11 bits per heavy atom. The Balaban J connectivity index is 1.66. The van der Waals surface area contributed by atoms with Gasteiger partial charge in [-0.3, -0.25) is 14.6 Å². The fourth-order valence-corrected chi connectivity index (χ4v) is 4.05. The van der Waals surface area contributed by atoms with Crippen molar-refractivity contribution in [2.24, 2.45) is 10.9 Å². The molecule has 2 N–H and O–H groups in total. The van der Waals surface area contributed by atoms with Gasteiger partial charge in [0.15, 0.2) is 5.96 Å². The molecule has 1 aliphatic carbocycles. The van der Waals surface area contributed by atoms with E-state index >= 15 is 0 Å². The molecule has 1 heterocycles. The molecular weight excluding hydrogens is 356 g/mol. The van der Waals surface area contributed by atoms with Crippen LogP contribution in [0.15, 0.2) is 4.99 Å². The first-order valence-electron chi connectivity index (χ1n) is 11.0. The molecule has 1 atom stereocenters. The molecular formula is C21H38N4O3. The number of ether oxygens (including phenoxy) is 1. The average Bonchev–Trinajstić information content (AvgIpc) is 3.38. The van der Waals surface area contributed by atoms with Crippen LogP contribution < -0.4 is 10.6 Å². The molecule has 7 nitrogen and oxygen atoms in total. The number of carbonyl (C=O) groups is 2. The van der Waals surface area contributed by atoms with Crippen molar-refractivity contribution in [1.82, 2.24) is 15.5 Å². The average molecular weight is 395 g/mol. The summed E-state index contributed by atoms with van der Waals surface area (Å²) in [6.07, 6.45) is 9.99. The van der Waals surface area contributed by atoms with Crippen LogP contribution in [0.25, 0.3) is 0 Å². The van der Waals surface area contributed by atoms with Gasteiger partial charge in [-0.15, -0.1) is 0 Å². The first kappa shape index (κ1) is 22.5. The third kappa shape index (κ3) is 7.68. The van der Waals surface area contributed by atoms with E-state index in [2.05, 4.69) is 27.3 Å². The van der Waals surface area contributed by atoms with E-state index in [0.29, 0.717) is 12.3 Å². The van der Waals surface area contributed by atoms with Crippen molar-refractivity contribution >= 4 is 17.8 Å². The molecule has 0 aromatic rings. The molecule has 0 spiro atoms. The summed E-state index contributed by atoms with van der Waals surface area (Å²) in [5.41, 5.74) is 0. The van der Waals surface area contributed by atoms with Crippen LogP contribution in [-0.2, 0) is 14.3 Å². The van der Waals surface area contributed by atoms with Crippen LogP contribution in [0, 0.1) is 5.92 Å². The summed E-state index contributed by atoms with van der Waals surface area (Å²) in [4.78, 5) is 30.4. The van der Waals surface area contributed by atoms with Crippen molar-refractivity contribution < 1.29 is 14.3 Å². The van der Waals surface area contributed by atoms with Crippen LogP contribution in [0.2, 0.25) is 0 Å². The van der Waals surface area contributed by atoms with Gasteiger partial charge in [-0.25, -0.2) is 0 Å². The molecule has 28 heavy (non-hydrogen) atoms. The molecule has 1 saturated heterocycles. The predicted octanol–water partition coefficient (Wildman–Crippen LogP) is 2.46. The Hall–Kier alpha value is -1.79. The van der Waals surface area contributed by atoms with E-state index in [1.807, 2.05) is 4.90 Å². The number of hydrogen-bond donors (Lipinski definition) is 2. The number of hydrogen-bond acceptors (Lipinski definition) is 4. The molecule has 0 aromatic carbocycles. The summed E-state index contributed by atoms with van der Waals surface area (Å²) >= 11 is 0. The Labute approximate surface area is 169 Å². The summed E-state index contributed by atoms with van der Waals surface area (Å²) in [6.45, 7) is 5.29. The number of nitrogens with one attached hydrogen (secondary N) is 2. The van der Waals surface area contributed by atoms with Gasteiger partial charge in [0.05, 0.1) is 7.11 Å². The standard InChI is InChI=1S/C21H38N4O3/c1-3-22-21(23-14-9-5-4-6-12-19(26)28-2)24-18-13-15-25(16-18)20(27)17-10-7-8-11-17/h17-18H,3-16H2,1-2H3,(H2,22,23,24). The SMILES string of the molecule is CCNC(=NCCCCCCC(=O)OC)NC1CCN(C(=O)C2CCCC2)C1. The molecule has 2 rings (SSSR count). The summed E-state index contributed by atoms with van der Waals surface area (Å²) in [5.74, 6) is 1.33. The van der Waals surface area contributed by atoms with Crippen LogP contribution in [0.4, 0.5) is 0 Å². The van der Waals surface area contributed by atoms with Crippen LogP contribution >= 0.6 is 0 Å². The molecule has 2 fully saturated rings. The lowest BCUT2D eigenvalue weighted by Crippen LogP contribution is -2.45. The highest BCUT2D eigenvalue weighted by molar-refractivity contribution is 5.81. The number of aliphatic imine (C=N–C) groups is 1. The second-order valence-electron chi connectivity index (χ2n) is 7.90. The van der Waals surface area contributed by atoms with Gasteiger partial charge >= 0.3 is 5.97 Å². The number of likely N-dealkylation sites (tertiary alicyclic amines) is 1. The fraction of sp³-hybridized carbons (Fsp3) is 0.857. The number of unbranched alkanes of at least 4 members (excludes halogenated alkanes) is 3. The van der Waals surface area contributed by atoms with Crippen molar-refractivity contribution in [2.45, 2.75) is 77.2 Å². The minimum atomic E-state index is -0.131. The molecule has 0 radical (unpaired) electrons. The molecule has 0 aromatic heterocycles. The maximum absolute atomic E-state index is 12.6. The number of amides is 1. The van der Waals surface area contributed by atoms with Crippen molar-refractivity contribution in [3.05, 3.63) is 0 Å². The predicted molar refractivity (Wildman–Crippen MR) is 111 cm³/mol. The second kappa shape index (κ2) is 12.6. The molecule has 1 amide bonds. The first-order chi connectivity index (χ1) is 13.6. The van der Waals surface area contributed by atoms with Crippen LogP contribution in [0.5, 0.6) is 0 Å². The van der Waals surface area contributed by atoms with E-state index in [0.717, 1.165) is 77.1 Å². The first-order valence-corrected chi connectivity index (χ1v) is 11.0. The van der Waals surface area contributed by atoms with E-state index in [-0.39, 0.29) is 17.9 Å². The normalized spacial score (nSPS) is 20.4. The fourth-order valence-electron chi connectivity index (χ4n) is 4.05. The number of guanidine groups is 1. The Morgan fingerprint density at radius 2 is 1.86 bits per heavy atom. The highest BCUT2D eigenvalue weighted by Gasteiger charge is 2.32. The zero-order chi connectivity index (χ0) is 20.2. The van der Waals surface area contributed by atoms with Gasteiger partial charge < -0.3 is 20.3 Å². The maximum Gasteiger partial charge on any atom is 0.305 e. The number of carbonyl (C=O) groups excluding carboxylic acids is 2. The summed E-state index contributed by atoms with van der Waals surface area (Å²) < 4.78 is 4.65. The Morgan fingerprint density at radius 3 is 2.57 bits per heavy atom. The largest absolute Gasteiger partial charge is 0.469 e. The van der Waals surface area contributed by atoms with E-state index in [1.165, 1.54) is 20.0 Å². The van der Waals surface area contributed by atoms with Crippen LogP contribution in [-0.4, -0.2) is 62.1 Å². The van der Waals surface area contributed by atoms with Gasteiger partial charge in [-0.1, -0.05) is 25.7 Å². The van der Waals surface area contributed by atoms with Gasteiger partial charge in [-0.2, -0.15) is 0 Å². The highest BCUT2D eigenvalue weighted by atomic mass is 16.5. The molecule has 7 heteroatoms. The summed E-state index contributed by atoms with van der Waals surface area (Å²) in [7, 11) is 1.43. The maximum atomic E-state index is 12.6. The highest BCUT2D eigenvalue weighted by Crippen LogP contribution is 2.27. The zero-order valence-corrected chi connectivity index (χ0v) is 17.7. The molecule has 2 aliphatic rings.